The summed E-state index contributed by atoms with van der Waals surface area (Å²) in [6.07, 6.45) is 2.62. The van der Waals surface area contributed by atoms with Crippen molar-refractivity contribution < 1.29 is 9.90 Å². The normalized spacial score (nSPS) is 16.5. The molecule has 2 heterocycles. The zero-order valence-electron chi connectivity index (χ0n) is 10.9. The third-order valence-corrected chi connectivity index (χ3v) is 3.52. The summed E-state index contributed by atoms with van der Waals surface area (Å²) in [7, 11) is 1.83. The van der Waals surface area contributed by atoms with Gasteiger partial charge in [0.25, 0.3) is 0 Å². The molecular weight excluding hydrogens is 266 g/mol. The van der Waals surface area contributed by atoms with Crippen LogP contribution in [0.2, 0.25) is 5.02 Å². The highest BCUT2D eigenvalue weighted by molar-refractivity contribution is 6.30. The van der Waals surface area contributed by atoms with Crippen LogP contribution < -0.4 is 4.90 Å². The van der Waals surface area contributed by atoms with E-state index in [9.17, 15) is 9.90 Å². The van der Waals surface area contributed by atoms with Crippen LogP contribution in [-0.2, 0) is 4.79 Å². The van der Waals surface area contributed by atoms with E-state index in [2.05, 4.69) is 4.98 Å². The quantitative estimate of drug-likeness (QED) is 0.904. The number of anilines is 1. The van der Waals surface area contributed by atoms with Crippen LogP contribution in [0.5, 0.6) is 0 Å². The van der Waals surface area contributed by atoms with Crippen LogP contribution >= 0.6 is 11.6 Å². The first-order chi connectivity index (χ1) is 9.06. The number of aromatic nitrogens is 1. The third kappa shape index (κ3) is 3.81. The van der Waals surface area contributed by atoms with Gasteiger partial charge in [0, 0.05) is 26.3 Å². The van der Waals surface area contributed by atoms with Crippen LogP contribution in [0.1, 0.15) is 12.8 Å². The van der Waals surface area contributed by atoms with Crippen LogP contribution in [0.4, 0.5) is 5.82 Å². The summed E-state index contributed by atoms with van der Waals surface area (Å²) in [6, 6.07) is 3.54. The molecule has 0 spiro atoms. The van der Waals surface area contributed by atoms with E-state index in [0.717, 1.165) is 5.82 Å². The van der Waals surface area contributed by atoms with E-state index in [0.29, 0.717) is 31.0 Å². The van der Waals surface area contributed by atoms with E-state index < -0.39 is 0 Å². The van der Waals surface area contributed by atoms with Gasteiger partial charge < -0.3 is 14.9 Å². The number of nitrogens with zero attached hydrogens (tertiary/aromatic N) is 3. The lowest BCUT2D eigenvalue weighted by Gasteiger charge is -2.31. The van der Waals surface area contributed by atoms with Gasteiger partial charge in [0.2, 0.25) is 5.91 Å². The van der Waals surface area contributed by atoms with Gasteiger partial charge in [-0.05, 0) is 25.0 Å². The van der Waals surface area contributed by atoms with E-state index in [1.54, 1.807) is 28.1 Å². The number of aliphatic hydroxyl groups is 1. The standard InChI is InChI=1S/C13H18ClN3O2/c1-16(12-3-2-10(14)8-15-12)9-13(19)17-6-4-11(18)5-7-17/h2-3,8,11,18H,4-7,9H2,1H3. The maximum absolute atomic E-state index is 12.1. The number of likely N-dealkylation sites (tertiary alicyclic amines) is 1. The second-order valence-electron chi connectivity index (χ2n) is 4.80. The van der Waals surface area contributed by atoms with Gasteiger partial charge in [0.15, 0.2) is 0 Å². The Bertz CT molecular complexity index is 430. The lowest BCUT2D eigenvalue weighted by Crippen LogP contribution is -2.44. The number of halogens is 1. The highest BCUT2D eigenvalue weighted by Crippen LogP contribution is 2.14. The van der Waals surface area contributed by atoms with Crippen molar-refractivity contribution in [3.8, 4) is 0 Å². The van der Waals surface area contributed by atoms with Gasteiger partial charge in [-0.1, -0.05) is 11.6 Å². The van der Waals surface area contributed by atoms with Gasteiger partial charge in [-0.2, -0.15) is 0 Å². The second kappa shape index (κ2) is 6.21. The molecule has 1 aliphatic rings. The monoisotopic (exact) mass is 283 g/mol. The van der Waals surface area contributed by atoms with Crippen LogP contribution in [0.25, 0.3) is 0 Å². The molecule has 1 fully saturated rings. The van der Waals surface area contributed by atoms with Crippen LogP contribution in [0.3, 0.4) is 0 Å². The summed E-state index contributed by atoms with van der Waals surface area (Å²) < 4.78 is 0. The summed E-state index contributed by atoms with van der Waals surface area (Å²) in [5.74, 6) is 0.779. The molecule has 1 saturated heterocycles. The predicted molar refractivity (Wildman–Crippen MR) is 74.3 cm³/mol. The van der Waals surface area contributed by atoms with E-state index in [1.807, 2.05) is 7.05 Å². The number of hydrogen-bond donors (Lipinski definition) is 1. The smallest absolute Gasteiger partial charge is 0.242 e. The van der Waals surface area contributed by atoms with Crippen LogP contribution in [0, 0.1) is 0 Å². The van der Waals surface area contributed by atoms with Gasteiger partial charge in [0.05, 0.1) is 17.7 Å². The van der Waals surface area contributed by atoms with Crippen molar-refractivity contribution in [2.45, 2.75) is 18.9 Å². The van der Waals surface area contributed by atoms with Gasteiger partial charge >= 0.3 is 0 Å². The number of aliphatic hydroxyl groups excluding tert-OH is 1. The molecule has 0 unspecified atom stereocenters. The molecule has 6 heteroatoms. The number of hydrogen-bond acceptors (Lipinski definition) is 4. The lowest BCUT2D eigenvalue weighted by molar-refractivity contribution is -0.131. The SMILES string of the molecule is CN(CC(=O)N1CCC(O)CC1)c1ccc(Cl)cn1. The fourth-order valence-electron chi connectivity index (χ4n) is 2.09. The first-order valence-electron chi connectivity index (χ1n) is 6.35. The van der Waals surface area contributed by atoms with Crippen molar-refractivity contribution in [3.63, 3.8) is 0 Å². The highest BCUT2D eigenvalue weighted by Gasteiger charge is 2.22. The maximum atomic E-state index is 12.1. The van der Waals surface area contributed by atoms with Gasteiger partial charge in [-0.3, -0.25) is 4.79 Å². The fourth-order valence-corrected chi connectivity index (χ4v) is 2.20. The van der Waals surface area contributed by atoms with E-state index in [1.165, 1.54) is 0 Å². The minimum Gasteiger partial charge on any atom is -0.393 e. The Morgan fingerprint density at radius 1 is 1.53 bits per heavy atom. The molecule has 0 aliphatic carbocycles. The Hall–Kier alpha value is -1.33. The number of rotatable bonds is 3. The number of piperidine rings is 1. The van der Waals surface area contributed by atoms with Gasteiger partial charge in [-0.15, -0.1) is 0 Å². The maximum Gasteiger partial charge on any atom is 0.242 e. The molecular formula is C13H18ClN3O2. The highest BCUT2D eigenvalue weighted by atomic mass is 35.5. The molecule has 5 nitrogen and oxygen atoms in total. The van der Waals surface area contributed by atoms with Crippen molar-refractivity contribution >= 4 is 23.3 Å². The first kappa shape index (κ1) is 14.1. The number of amides is 1. The first-order valence-corrected chi connectivity index (χ1v) is 6.72. The summed E-state index contributed by atoms with van der Waals surface area (Å²) in [4.78, 5) is 19.9. The van der Waals surface area contributed by atoms with Crippen LogP contribution in [-0.4, -0.2) is 53.7 Å². The molecule has 0 atom stereocenters. The molecule has 104 valence electrons. The molecule has 2 rings (SSSR count). The van der Waals surface area contributed by atoms with Crippen molar-refractivity contribution in [2.75, 3.05) is 31.6 Å². The Kier molecular flexibility index (Phi) is 4.61. The van der Waals surface area contributed by atoms with E-state index in [4.69, 9.17) is 11.6 Å². The minimum absolute atomic E-state index is 0.0613. The largest absolute Gasteiger partial charge is 0.393 e. The average Bonchev–Trinajstić information content (AvgIpc) is 2.40. The van der Waals surface area contributed by atoms with Gasteiger partial charge in [0.1, 0.15) is 5.82 Å². The van der Waals surface area contributed by atoms with Crippen molar-refractivity contribution in [1.82, 2.24) is 9.88 Å². The zero-order chi connectivity index (χ0) is 13.8. The van der Waals surface area contributed by atoms with E-state index >= 15 is 0 Å². The number of carbonyl (C=O) groups excluding carboxylic acids is 1. The van der Waals surface area contributed by atoms with E-state index in [-0.39, 0.29) is 18.6 Å². The number of likely N-dealkylation sites (N-methyl/N-ethyl adjacent to an activating group) is 1. The zero-order valence-corrected chi connectivity index (χ0v) is 11.7. The molecule has 1 aliphatic heterocycles. The third-order valence-electron chi connectivity index (χ3n) is 3.29. The predicted octanol–water partition coefficient (Wildman–Crippen LogP) is 1.15. The van der Waals surface area contributed by atoms with Crippen molar-refractivity contribution in [2.24, 2.45) is 0 Å². The van der Waals surface area contributed by atoms with Gasteiger partial charge in [-0.25, -0.2) is 4.98 Å². The molecule has 0 aromatic carbocycles. The average molecular weight is 284 g/mol. The molecule has 0 saturated carbocycles. The van der Waals surface area contributed by atoms with Crippen LogP contribution in [0.15, 0.2) is 18.3 Å². The molecule has 1 aromatic heterocycles. The fraction of sp³-hybridized carbons (Fsp3) is 0.538. The molecule has 1 N–H and O–H groups in total. The topological polar surface area (TPSA) is 56.7 Å². The summed E-state index contributed by atoms with van der Waals surface area (Å²) >= 11 is 5.78. The van der Waals surface area contributed by atoms with Crippen molar-refractivity contribution in [3.05, 3.63) is 23.4 Å². The summed E-state index contributed by atoms with van der Waals surface area (Å²) in [5, 5.41) is 10.0. The molecule has 0 bridgehead atoms. The molecule has 19 heavy (non-hydrogen) atoms. The molecule has 1 aromatic rings. The second-order valence-corrected chi connectivity index (χ2v) is 5.24. The Labute approximate surface area is 117 Å². The number of pyridine rings is 1. The Morgan fingerprint density at radius 2 is 2.21 bits per heavy atom. The summed E-state index contributed by atoms with van der Waals surface area (Å²) in [5.41, 5.74) is 0. The molecule has 1 amide bonds. The minimum atomic E-state index is -0.264. The van der Waals surface area contributed by atoms with Crippen molar-refractivity contribution in [1.29, 1.82) is 0 Å². The lowest BCUT2D eigenvalue weighted by atomic mass is 10.1. The Morgan fingerprint density at radius 3 is 2.79 bits per heavy atom. The number of carbonyl (C=O) groups is 1. The summed E-state index contributed by atoms with van der Waals surface area (Å²) in [6.45, 7) is 1.54. The Balaban J connectivity index is 1.89. The molecule has 0 radical (unpaired) electrons.